The Morgan fingerprint density at radius 3 is 1.92 bits per heavy atom. The van der Waals surface area contributed by atoms with Gasteiger partial charge in [-0.3, -0.25) is 0 Å². The van der Waals surface area contributed by atoms with Gasteiger partial charge in [0.1, 0.15) is 18.3 Å². The Bertz CT molecular complexity index is 843. The molecule has 2 unspecified atom stereocenters. The predicted octanol–water partition coefficient (Wildman–Crippen LogP) is 5.10. The van der Waals surface area contributed by atoms with Crippen LogP contribution in [0.2, 0.25) is 0 Å². The van der Waals surface area contributed by atoms with Gasteiger partial charge in [0.25, 0.3) is 0 Å². The fourth-order valence-corrected chi connectivity index (χ4v) is 4.67. The summed E-state index contributed by atoms with van der Waals surface area (Å²) in [6, 6.07) is 1.08. The average Bonchev–Trinajstić information content (AvgIpc) is 2.86. The van der Waals surface area contributed by atoms with Crippen LogP contribution in [0.15, 0.2) is 6.07 Å². The van der Waals surface area contributed by atoms with Crippen LogP contribution < -0.4 is 0 Å². The van der Waals surface area contributed by atoms with Crippen LogP contribution in [0.5, 0.6) is 17.2 Å². The normalized spacial score (nSPS) is 25.3. The average molecular weight is 511 g/mol. The molecular weight excluding hydrogens is 468 g/mol. The van der Waals surface area contributed by atoms with Gasteiger partial charge in [-0.15, -0.1) is 0 Å². The van der Waals surface area contributed by atoms with E-state index in [1.165, 1.54) is 0 Å². The Balaban J connectivity index is 1.94. The van der Waals surface area contributed by atoms with E-state index in [1.807, 2.05) is 0 Å². The summed E-state index contributed by atoms with van der Waals surface area (Å²) in [6.45, 7) is 7.71. The molecule has 1 aromatic rings. The molecule has 9 nitrogen and oxygen atoms in total. The predicted molar refractivity (Wildman–Crippen MR) is 132 cm³/mol. The number of aromatic hydroxyl groups is 3. The molecule has 0 saturated carbocycles. The van der Waals surface area contributed by atoms with Crippen molar-refractivity contribution in [3.63, 3.8) is 0 Å². The van der Waals surface area contributed by atoms with Crippen molar-refractivity contribution in [3.8, 4) is 17.2 Å². The molecule has 9 heteroatoms. The fraction of sp³-hybridized carbons (Fsp3) is 0.741. The first kappa shape index (κ1) is 28.5. The number of phenolic OH excluding ortho intramolecular Hbond substituents is 3. The van der Waals surface area contributed by atoms with E-state index in [1.54, 1.807) is 0 Å². The van der Waals surface area contributed by atoms with Gasteiger partial charge in [-0.2, -0.15) is 0 Å². The number of carbonyl (C=O) groups excluding carboxylic acids is 1. The van der Waals surface area contributed by atoms with Gasteiger partial charge in [-0.25, -0.2) is 4.79 Å². The second-order valence-electron chi connectivity index (χ2n) is 9.51. The monoisotopic (exact) mass is 510 g/mol. The molecule has 3 rings (SSSR count). The molecule has 1 aromatic carbocycles. The number of rotatable bonds is 15. The van der Waals surface area contributed by atoms with Gasteiger partial charge >= 0.3 is 5.97 Å². The third-order valence-corrected chi connectivity index (χ3v) is 6.68. The molecule has 5 atom stereocenters. The lowest BCUT2D eigenvalue weighted by molar-refractivity contribution is -0.316. The molecular formula is C27H42O9. The molecule has 1 saturated heterocycles. The third-order valence-electron chi connectivity index (χ3n) is 6.68. The van der Waals surface area contributed by atoms with E-state index >= 15 is 0 Å². The van der Waals surface area contributed by atoms with Gasteiger partial charge in [0.15, 0.2) is 23.9 Å². The van der Waals surface area contributed by atoms with Gasteiger partial charge in [0.05, 0.1) is 5.56 Å². The number of carbonyl (C=O) groups is 1. The minimum absolute atomic E-state index is 0.0558. The van der Waals surface area contributed by atoms with E-state index in [4.69, 9.17) is 23.7 Å². The summed E-state index contributed by atoms with van der Waals surface area (Å²) in [4.78, 5) is 12.9. The zero-order valence-corrected chi connectivity index (χ0v) is 21.7. The first-order valence-corrected chi connectivity index (χ1v) is 13.4. The minimum atomic E-state index is -0.966. The summed E-state index contributed by atoms with van der Waals surface area (Å²) < 4.78 is 30.7. The van der Waals surface area contributed by atoms with Crippen molar-refractivity contribution in [1.82, 2.24) is 0 Å². The Kier molecular flexibility index (Phi) is 11.1. The van der Waals surface area contributed by atoms with Crippen molar-refractivity contribution in [2.75, 3.05) is 19.8 Å². The summed E-state index contributed by atoms with van der Waals surface area (Å²) in [7, 11) is 0. The molecule has 2 aliphatic heterocycles. The van der Waals surface area contributed by atoms with Crippen LogP contribution in [-0.2, 0) is 23.7 Å². The molecule has 0 amide bonds. The first-order valence-electron chi connectivity index (χ1n) is 13.4. The fourth-order valence-electron chi connectivity index (χ4n) is 4.67. The lowest BCUT2D eigenvalue weighted by atomic mass is 9.87. The Labute approximate surface area is 213 Å². The highest BCUT2D eigenvalue weighted by Crippen LogP contribution is 2.50. The summed E-state index contributed by atoms with van der Waals surface area (Å²) >= 11 is 0. The number of unbranched alkanes of at least 4 members (excludes halogenated alkanes) is 6. The highest BCUT2D eigenvalue weighted by atomic mass is 16.7. The van der Waals surface area contributed by atoms with Crippen molar-refractivity contribution in [1.29, 1.82) is 0 Å². The highest BCUT2D eigenvalue weighted by molar-refractivity contribution is 5.95. The number of hydrogen-bond donors (Lipinski definition) is 3. The van der Waals surface area contributed by atoms with Gasteiger partial charge in [0.2, 0.25) is 5.75 Å². The summed E-state index contributed by atoms with van der Waals surface area (Å²) in [5.41, 5.74) is -0.0128. The topological polar surface area (TPSA) is 124 Å². The number of phenols is 3. The Morgan fingerprint density at radius 2 is 1.33 bits per heavy atom. The smallest absolute Gasteiger partial charge is 0.339 e. The van der Waals surface area contributed by atoms with Crippen LogP contribution in [0, 0.1) is 0 Å². The molecule has 0 bridgehead atoms. The number of benzene rings is 1. The van der Waals surface area contributed by atoms with Crippen molar-refractivity contribution in [3.05, 3.63) is 17.2 Å². The lowest BCUT2D eigenvalue weighted by Gasteiger charge is -2.47. The molecule has 1 fully saturated rings. The molecule has 0 radical (unpaired) electrons. The van der Waals surface area contributed by atoms with Crippen LogP contribution >= 0.6 is 0 Å². The number of hydrogen-bond acceptors (Lipinski definition) is 9. The lowest BCUT2D eigenvalue weighted by Crippen LogP contribution is -2.59. The Hall–Kier alpha value is -2.07. The highest BCUT2D eigenvalue weighted by Gasteiger charge is 2.54. The second kappa shape index (κ2) is 14.0. The quantitative estimate of drug-likeness (QED) is 0.168. The largest absolute Gasteiger partial charge is 0.504 e. The summed E-state index contributed by atoms with van der Waals surface area (Å²) in [5, 5.41) is 30.9. The van der Waals surface area contributed by atoms with Crippen LogP contribution in [0.4, 0.5) is 0 Å². The SMILES string of the molecule is CCCCCO[C@H]1OC2c3c(cc(O)c(O)c3O)C(=O)OC2[C@@H](OCCCCC)[C@@H]1OCCCCC. The van der Waals surface area contributed by atoms with E-state index in [2.05, 4.69) is 20.8 Å². The van der Waals surface area contributed by atoms with Crippen molar-refractivity contribution < 1.29 is 43.8 Å². The van der Waals surface area contributed by atoms with Crippen molar-refractivity contribution in [2.45, 2.75) is 109 Å². The number of esters is 1. The van der Waals surface area contributed by atoms with E-state index in [-0.39, 0.29) is 11.1 Å². The summed E-state index contributed by atoms with van der Waals surface area (Å²) in [6.07, 6.45) is 4.61. The maximum Gasteiger partial charge on any atom is 0.339 e. The third kappa shape index (κ3) is 6.62. The maximum absolute atomic E-state index is 12.9. The number of fused-ring (bicyclic) bond motifs is 3. The molecule has 0 aliphatic carbocycles. The molecule has 0 aromatic heterocycles. The van der Waals surface area contributed by atoms with Crippen LogP contribution in [0.3, 0.4) is 0 Å². The van der Waals surface area contributed by atoms with Gasteiger partial charge in [-0.05, 0) is 25.3 Å². The van der Waals surface area contributed by atoms with Crippen molar-refractivity contribution in [2.24, 2.45) is 0 Å². The van der Waals surface area contributed by atoms with Gasteiger partial charge in [-0.1, -0.05) is 59.3 Å². The molecule has 36 heavy (non-hydrogen) atoms. The van der Waals surface area contributed by atoms with E-state index < -0.39 is 53.9 Å². The minimum Gasteiger partial charge on any atom is -0.504 e. The maximum atomic E-state index is 12.9. The Morgan fingerprint density at radius 1 is 0.778 bits per heavy atom. The van der Waals surface area contributed by atoms with Crippen LogP contribution in [-0.4, -0.2) is 65.7 Å². The van der Waals surface area contributed by atoms with E-state index in [0.717, 1.165) is 63.9 Å². The van der Waals surface area contributed by atoms with E-state index in [0.29, 0.717) is 19.8 Å². The van der Waals surface area contributed by atoms with Gasteiger partial charge in [0, 0.05) is 25.4 Å². The van der Waals surface area contributed by atoms with Crippen LogP contribution in [0.25, 0.3) is 0 Å². The standard InChI is InChI=1S/C27H42O9/c1-4-7-10-13-32-23-24-22(19-17(26(31)35-24)16-18(28)20(29)21(19)30)36-27(34-15-12-9-6-3)25(23)33-14-11-8-5-2/h16,22-25,27-30H,4-15H2,1-3H3/t22?,23-,24?,25+,27+/m1/s1. The first-order chi connectivity index (χ1) is 17.4. The van der Waals surface area contributed by atoms with Crippen molar-refractivity contribution >= 4 is 5.97 Å². The molecule has 2 heterocycles. The molecule has 0 spiro atoms. The zero-order chi connectivity index (χ0) is 26.1. The second-order valence-corrected chi connectivity index (χ2v) is 9.51. The molecule has 204 valence electrons. The number of ether oxygens (including phenoxy) is 5. The van der Waals surface area contributed by atoms with Crippen LogP contribution in [0.1, 0.15) is 101 Å². The molecule has 3 N–H and O–H groups in total. The zero-order valence-electron chi connectivity index (χ0n) is 21.7. The molecule has 2 aliphatic rings. The summed E-state index contributed by atoms with van der Waals surface area (Å²) in [5.74, 6) is -2.69. The van der Waals surface area contributed by atoms with Gasteiger partial charge < -0.3 is 39.0 Å². The van der Waals surface area contributed by atoms with E-state index in [9.17, 15) is 20.1 Å².